The highest BCUT2D eigenvalue weighted by molar-refractivity contribution is 5.79. The Morgan fingerprint density at radius 3 is 2.84 bits per heavy atom. The molecule has 140 valence electrons. The lowest BCUT2D eigenvalue weighted by Gasteiger charge is -2.17. The minimum Gasteiger partial charge on any atom is -0.491 e. The monoisotopic (exact) mass is 348 g/mol. The number of rotatable bonds is 8. The quantitative estimate of drug-likeness (QED) is 0.425. The Morgan fingerprint density at radius 2 is 2.16 bits per heavy atom. The number of aryl methyl sites for hydroxylation is 1. The van der Waals surface area contributed by atoms with Crippen molar-refractivity contribution in [2.24, 2.45) is 10.9 Å². The summed E-state index contributed by atoms with van der Waals surface area (Å²) in [7, 11) is 5.66. The maximum absolute atomic E-state index is 5.85. The number of hydrogen-bond donors (Lipinski definition) is 2. The van der Waals surface area contributed by atoms with Crippen molar-refractivity contribution in [1.82, 2.24) is 15.5 Å². The number of likely N-dealkylation sites (tertiary alicyclic amines) is 1. The first kappa shape index (κ1) is 19.5. The van der Waals surface area contributed by atoms with E-state index in [-0.39, 0.29) is 0 Å². The van der Waals surface area contributed by atoms with Crippen LogP contribution in [-0.4, -0.2) is 64.9 Å². The lowest BCUT2D eigenvalue weighted by molar-refractivity contribution is 0.145. The van der Waals surface area contributed by atoms with Gasteiger partial charge in [0.05, 0.1) is 6.61 Å². The fraction of sp³-hybridized carbons (Fsp3) is 0.632. The summed E-state index contributed by atoms with van der Waals surface area (Å²) in [6, 6.07) is 6.27. The van der Waals surface area contributed by atoms with Crippen molar-refractivity contribution in [2.75, 3.05) is 54.1 Å². The molecule has 0 aromatic heterocycles. The van der Waals surface area contributed by atoms with Crippen molar-refractivity contribution in [3.8, 4) is 5.75 Å². The van der Waals surface area contributed by atoms with E-state index in [0.29, 0.717) is 25.7 Å². The van der Waals surface area contributed by atoms with E-state index in [2.05, 4.69) is 52.7 Å². The van der Waals surface area contributed by atoms with Gasteiger partial charge >= 0.3 is 0 Å². The Balaban J connectivity index is 1.85. The SMILES string of the molecule is CN=C(NCc1ccc(C)cc1OCCOC)NCC1CCN(C)C1. The van der Waals surface area contributed by atoms with Crippen LogP contribution in [0.2, 0.25) is 0 Å². The van der Waals surface area contributed by atoms with Gasteiger partial charge in [0.15, 0.2) is 5.96 Å². The minimum atomic E-state index is 0.551. The van der Waals surface area contributed by atoms with Crippen LogP contribution in [0.15, 0.2) is 23.2 Å². The van der Waals surface area contributed by atoms with E-state index >= 15 is 0 Å². The molecule has 0 saturated carbocycles. The summed E-state index contributed by atoms with van der Waals surface area (Å²) in [4.78, 5) is 6.70. The number of nitrogens with zero attached hydrogens (tertiary/aromatic N) is 2. The topological polar surface area (TPSA) is 58.1 Å². The average molecular weight is 348 g/mol. The van der Waals surface area contributed by atoms with Crippen LogP contribution >= 0.6 is 0 Å². The summed E-state index contributed by atoms with van der Waals surface area (Å²) in [5.74, 6) is 2.42. The zero-order chi connectivity index (χ0) is 18.1. The first-order chi connectivity index (χ1) is 12.1. The summed E-state index contributed by atoms with van der Waals surface area (Å²) in [6.07, 6.45) is 1.25. The van der Waals surface area contributed by atoms with Crippen molar-refractivity contribution in [3.63, 3.8) is 0 Å². The second kappa shape index (κ2) is 10.3. The molecule has 1 unspecified atom stereocenters. The van der Waals surface area contributed by atoms with Crippen LogP contribution < -0.4 is 15.4 Å². The zero-order valence-electron chi connectivity index (χ0n) is 16.0. The lowest BCUT2D eigenvalue weighted by atomic mass is 10.1. The number of aliphatic imine (C=N–C) groups is 1. The highest BCUT2D eigenvalue weighted by atomic mass is 16.5. The molecule has 0 radical (unpaired) electrons. The molecule has 0 bridgehead atoms. The molecule has 1 aromatic carbocycles. The smallest absolute Gasteiger partial charge is 0.191 e. The molecule has 0 aliphatic carbocycles. The Bertz CT molecular complexity index is 562. The Morgan fingerprint density at radius 1 is 1.32 bits per heavy atom. The van der Waals surface area contributed by atoms with E-state index in [4.69, 9.17) is 9.47 Å². The van der Waals surface area contributed by atoms with Crippen LogP contribution in [0.3, 0.4) is 0 Å². The summed E-state index contributed by atoms with van der Waals surface area (Å²) in [5.41, 5.74) is 2.30. The third-order valence-corrected chi connectivity index (χ3v) is 4.48. The largest absolute Gasteiger partial charge is 0.491 e. The maximum atomic E-state index is 5.85. The van der Waals surface area contributed by atoms with Crippen molar-refractivity contribution in [1.29, 1.82) is 0 Å². The van der Waals surface area contributed by atoms with Gasteiger partial charge in [0.25, 0.3) is 0 Å². The molecule has 0 amide bonds. The second-order valence-corrected chi connectivity index (χ2v) is 6.68. The Kier molecular flexibility index (Phi) is 8.01. The van der Waals surface area contributed by atoms with Gasteiger partial charge in [0.1, 0.15) is 12.4 Å². The van der Waals surface area contributed by atoms with Gasteiger partial charge in [-0.3, -0.25) is 4.99 Å². The van der Waals surface area contributed by atoms with Gasteiger partial charge in [-0.1, -0.05) is 12.1 Å². The van der Waals surface area contributed by atoms with E-state index in [1.165, 1.54) is 18.5 Å². The van der Waals surface area contributed by atoms with Crippen LogP contribution in [0.25, 0.3) is 0 Å². The molecule has 1 fully saturated rings. The Labute approximate surface area is 151 Å². The van der Waals surface area contributed by atoms with Crippen molar-refractivity contribution in [2.45, 2.75) is 19.9 Å². The first-order valence-electron chi connectivity index (χ1n) is 8.96. The van der Waals surface area contributed by atoms with Crippen molar-refractivity contribution in [3.05, 3.63) is 29.3 Å². The third kappa shape index (κ3) is 6.55. The number of nitrogens with one attached hydrogen (secondary N) is 2. The standard InChI is InChI=1S/C19H32N4O2/c1-15-5-6-17(18(11-15)25-10-9-24-4)13-22-19(20-2)21-12-16-7-8-23(3)14-16/h5-6,11,16H,7-10,12-14H2,1-4H3,(H2,20,21,22). The van der Waals surface area contributed by atoms with Crippen LogP contribution in [0.4, 0.5) is 0 Å². The number of guanidine groups is 1. The van der Waals surface area contributed by atoms with Crippen molar-refractivity contribution < 1.29 is 9.47 Å². The van der Waals surface area contributed by atoms with Gasteiger partial charge in [-0.15, -0.1) is 0 Å². The van der Waals surface area contributed by atoms with Crippen LogP contribution in [0.1, 0.15) is 17.5 Å². The number of hydrogen-bond acceptors (Lipinski definition) is 4. The van der Waals surface area contributed by atoms with Gasteiger partial charge in [-0.2, -0.15) is 0 Å². The van der Waals surface area contributed by atoms with E-state index in [1.54, 1.807) is 14.2 Å². The summed E-state index contributed by atoms with van der Waals surface area (Å²) < 4.78 is 10.9. The average Bonchev–Trinajstić information content (AvgIpc) is 3.02. The van der Waals surface area contributed by atoms with E-state index in [9.17, 15) is 0 Å². The fourth-order valence-electron chi connectivity index (χ4n) is 3.01. The van der Waals surface area contributed by atoms with Gasteiger partial charge in [-0.05, 0) is 44.5 Å². The van der Waals surface area contributed by atoms with Gasteiger partial charge in [0, 0.05) is 39.4 Å². The molecule has 1 saturated heterocycles. The molecule has 1 aromatic rings. The van der Waals surface area contributed by atoms with Gasteiger partial charge in [-0.25, -0.2) is 0 Å². The third-order valence-electron chi connectivity index (χ3n) is 4.48. The molecule has 1 atom stereocenters. The lowest BCUT2D eigenvalue weighted by Crippen LogP contribution is -2.39. The molecule has 6 heteroatoms. The summed E-state index contributed by atoms with van der Waals surface area (Å²) in [6.45, 7) is 7.17. The van der Waals surface area contributed by atoms with Gasteiger partial charge < -0.3 is 25.0 Å². The highest BCUT2D eigenvalue weighted by Crippen LogP contribution is 2.20. The molecule has 2 rings (SSSR count). The second-order valence-electron chi connectivity index (χ2n) is 6.68. The molecule has 1 heterocycles. The molecule has 25 heavy (non-hydrogen) atoms. The first-order valence-corrected chi connectivity index (χ1v) is 8.96. The predicted molar refractivity (Wildman–Crippen MR) is 102 cm³/mol. The normalized spacial score (nSPS) is 18.4. The number of methoxy groups -OCH3 is 1. The van der Waals surface area contributed by atoms with Crippen LogP contribution in [-0.2, 0) is 11.3 Å². The highest BCUT2D eigenvalue weighted by Gasteiger charge is 2.19. The molecule has 0 spiro atoms. The molecule has 1 aliphatic heterocycles. The van der Waals surface area contributed by atoms with Crippen LogP contribution in [0, 0.1) is 12.8 Å². The van der Waals surface area contributed by atoms with Crippen LogP contribution in [0.5, 0.6) is 5.75 Å². The minimum absolute atomic E-state index is 0.551. The zero-order valence-corrected chi connectivity index (χ0v) is 16.0. The number of ether oxygens (including phenoxy) is 2. The van der Waals surface area contributed by atoms with E-state index < -0.39 is 0 Å². The fourth-order valence-corrected chi connectivity index (χ4v) is 3.01. The molecule has 2 N–H and O–H groups in total. The van der Waals surface area contributed by atoms with Gasteiger partial charge in [0.2, 0.25) is 0 Å². The Hall–Kier alpha value is -1.79. The molecule has 1 aliphatic rings. The predicted octanol–water partition coefficient (Wildman–Crippen LogP) is 1.64. The molecular formula is C19H32N4O2. The van der Waals surface area contributed by atoms with E-state index in [1.807, 2.05) is 0 Å². The molecule has 6 nitrogen and oxygen atoms in total. The molecular weight excluding hydrogens is 316 g/mol. The van der Waals surface area contributed by atoms with Crippen molar-refractivity contribution >= 4 is 5.96 Å². The summed E-state index contributed by atoms with van der Waals surface area (Å²) >= 11 is 0. The summed E-state index contributed by atoms with van der Waals surface area (Å²) in [5, 5.41) is 6.82. The van der Waals surface area contributed by atoms with E-state index in [0.717, 1.165) is 30.4 Å². The maximum Gasteiger partial charge on any atom is 0.191 e. The number of benzene rings is 1.